The van der Waals surface area contributed by atoms with Gasteiger partial charge in [0, 0.05) is 38.6 Å². The minimum Gasteiger partial charge on any atom is -0.456 e. The molecular formula is C45H27F2N3O. The van der Waals surface area contributed by atoms with Crippen LogP contribution in [0, 0.1) is 11.6 Å². The molecule has 0 radical (unpaired) electrons. The van der Waals surface area contributed by atoms with Crippen LogP contribution in [-0.4, -0.2) is 15.4 Å². The lowest BCUT2D eigenvalue weighted by atomic mass is 9.84. The number of hydrogen-bond acceptors (Lipinski definition) is 4. The second kappa shape index (κ2) is 12.6. The van der Waals surface area contributed by atoms with Crippen LogP contribution in [0.4, 0.5) is 8.78 Å². The smallest absolute Gasteiger partial charge is 0.136 e. The molecule has 0 bridgehead atoms. The van der Waals surface area contributed by atoms with Gasteiger partial charge in [-0.2, -0.15) is 0 Å². The molecule has 4 nitrogen and oxygen atoms in total. The highest BCUT2D eigenvalue weighted by molar-refractivity contribution is 6.18. The van der Waals surface area contributed by atoms with E-state index in [9.17, 15) is 0 Å². The van der Waals surface area contributed by atoms with E-state index in [1.807, 2.05) is 78.9 Å². The van der Waals surface area contributed by atoms with E-state index in [1.54, 1.807) is 36.4 Å². The fourth-order valence-corrected chi connectivity index (χ4v) is 7.09. The van der Waals surface area contributed by atoms with E-state index < -0.39 is 11.6 Å². The van der Waals surface area contributed by atoms with Gasteiger partial charge in [0.15, 0.2) is 0 Å². The number of nitrogens with zero attached hydrogens (tertiary/aromatic N) is 3. The quantitative estimate of drug-likeness (QED) is 0.178. The lowest BCUT2D eigenvalue weighted by molar-refractivity contribution is 0.628. The lowest BCUT2D eigenvalue weighted by Crippen LogP contribution is -2.03. The van der Waals surface area contributed by atoms with E-state index in [4.69, 9.17) is 4.42 Å². The highest BCUT2D eigenvalue weighted by atomic mass is 19.1. The van der Waals surface area contributed by atoms with Crippen molar-refractivity contribution in [3.63, 3.8) is 0 Å². The molecule has 0 saturated heterocycles. The summed E-state index contributed by atoms with van der Waals surface area (Å²) >= 11 is 0. The molecule has 0 N–H and O–H groups in total. The number of fused-ring (bicyclic) bond motifs is 3. The molecule has 2 heterocycles. The third-order valence-corrected chi connectivity index (χ3v) is 9.33. The average molecular weight is 664 g/mol. The van der Waals surface area contributed by atoms with Crippen LogP contribution in [0.2, 0.25) is 0 Å². The zero-order chi connectivity index (χ0) is 34.3. The summed E-state index contributed by atoms with van der Waals surface area (Å²) in [5.41, 5.74) is 9.42. The van der Waals surface area contributed by atoms with Gasteiger partial charge >= 0.3 is 0 Å². The first-order valence-corrected chi connectivity index (χ1v) is 16.6. The first-order chi connectivity index (χ1) is 25.2. The van der Waals surface area contributed by atoms with E-state index in [1.165, 1.54) is 12.1 Å². The van der Waals surface area contributed by atoms with Crippen LogP contribution in [0.1, 0.15) is 0 Å². The van der Waals surface area contributed by atoms with Gasteiger partial charge in [-0.3, -0.25) is 0 Å². The molecule has 0 aliphatic carbocycles. The number of rotatable bonds is 6. The molecule has 242 valence electrons. The summed E-state index contributed by atoms with van der Waals surface area (Å²) in [7, 11) is 0. The predicted molar refractivity (Wildman–Crippen MR) is 200 cm³/mol. The molecule has 9 rings (SSSR count). The molecule has 51 heavy (non-hydrogen) atoms. The Kier molecular flexibility index (Phi) is 7.47. The maximum atomic E-state index is 15.8. The molecule has 0 fully saturated rings. The number of benzene rings is 7. The third-order valence-electron chi connectivity index (χ3n) is 9.33. The van der Waals surface area contributed by atoms with Crippen molar-refractivity contribution < 1.29 is 13.2 Å². The van der Waals surface area contributed by atoms with Gasteiger partial charge in [-0.25, -0.2) is 8.78 Å². The fourth-order valence-electron chi connectivity index (χ4n) is 7.09. The summed E-state index contributed by atoms with van der Waals surface area (Å²) in [6.45, 7) is 0. The van der Waals surface area contributed by atoms with Crippen molar-refractivity contribution in [1.82, 2.24) is 15.4 Å². The van der Waals surface area contributed by atoms with Gasteiger partial charge < -0.3 is 4.42 Å². The van der Waals surface area contributed by atoms with Gasteiger partial charge in [-0.05, 0) is 69.4 Å². The Morgan fingerprint density at radius 3 is 1.65 bits per heavy atom. The molecule has 9 aromatic rings. The summed E-state index contributed by atoms with van der Waals surface area (Å²) in [4.78, 5) is 0. The van der Waals surface area contributed by atoms with Crippen LogP contribution in [0.3, 0.4) is 0 Å². The molecule has 0 saturated carbocycles. The van der Waals surface area contributed by atoms with Gasteiger partial charge in [-0.15, -0.1) is 10.2 Å². The van der Waals surface area contributed by atoms with Crippen LogP contribution >= 0.6 is 0 Å². The van der Waals surface area contributed by atoms with Crippen molar-refractivity contribution in [2.24, 2.45) is 0 Å². The van der Waals surface area contributed by atoms with Crippen molar-refractivity contribution in [2.45, 2.75) is 0 Å². The summed E-state index contributed by atoms with van der Waals surface area (Å²) in [5.74, 6) is -0.978. The van der Waals surface area contributed by atoms with Crippen LogP contribution in [-0.2, 0) is 0 Å². The van der Waals surface area contributed by atoms with E-state index in [-0.39, 0.29) is 16.8 Å². The Bertz CT molecular complexity index is 2740. The van der Waals surface area contributed by atoms with Crippen molar-refractivity contribution in [3.05, 3.63) is 175 Å². The molecule has 0 unspecified atom stereocenters. The first-order valence-electron chi connectivity index (χ1n) is 16.6. The van der Waals surface area contributed by atoms with Crippen LogP contribution in [0.5, 0.6) is 0 Å². The number of hydrogen-bond donors (Lipinski definition) is 0. The fraction of sp³-hybridized carbons (Fsp3) is 0. The summed E-state index contributed by atoms with van der Waals surface area (Å²) in [5, 5.41) is 15.0. The monoisotopic (exact) mass is 663 g/mol. The van der Waals surface area contributed by atoms with Crippen LogP contribution in [0.15, 0.2) is 168 Å². The number of para-hydroxylation sites is 1. The largest absolute Gasteiger partial charge is 0.456 e. The van der Waals surface area contributed by atoms with Crippen LogP contribution in [0.25, 0.3) is 89.0 Å². The molecule has 0 aliphatic rings. The highest BCUT2D eigenvalue weighted by Crippen LogP contribution is 2.49. The number of halogens is 2. The van der Waals surface area contributed by atoms with E-state index >= 15 is 8.78 Å². The van der Waals surface area contributed by atoms with E-state index in [0.29, 0.717) is 16.8 Å². The maximum absolute atomic E-state index is 15.8. The standard InChI is InChI=1S/C45H27F2N3O/c46-37-23-11-8-20-34(37)43-44(48-50-49-45(43)35-21-9-12-24-38(35)47)33-19-7-6-18-31(33)41-32(26-27-40-42(41)36-22-10-13-25-39(36)51-40)30-17-5-4-16-29(30)28-14-2-1-3-15-28/h1-27H. The minimum atomic E-state index is -0.496. The SMILES string of the molecule is Fc1ccccc1-c1nnnc(-c2ccccc2-c2c(-c3ccccc3-c3ccccc3)ccc3oc4ccccc4c23)c1-c1ccccc1F. The molecular weight excluding hydrogens is 637 g/mol. The van der Waals surface area contributed by atoms with Crippen LogP contribution < -0.4 is 0 Å². The second-order valence-electron chi connectivity index (χ2n) is 12.2. The van der Waals surface area contributed by atoms with Crippen molar-refractivity contribution in [3.8, 4) is 67.0 Å². The van der Waals surface area contributed by atoms with Gasteiger partial charge in [0.05, 0.1) is 0 Å². The summed E-state index contributed by atoms with van der Waals surface area (Å²) in [6, 6.07) is 51.4. The molecule has 6 heteroatoms. The van der Waals surface area contributed by atoms with Crippen molar-refractivity contribution in [2.75, 3.05) is 0 Å². The Labute approximate surface area is 292 Å². The molecule has 7 aromatic carbocycles. The minimum absolute atomic E-state index is 0.194. The number of aromatic nitrogens is 3. The predicted octanol–water partition coefficient (Wildman–Crippen LogP) is 12.1. The zero-order valence-corrected chi connectivity index (χ0v) is 27.1. The Morgan fingerprint density at radius 1 is 0.373 bits per heavy atom. The Morgan fingerprint density at radius 2 is 0.922 bits per heavy atom. The maximum Gasteiger partial charge on any atom is 0.136 e. The Hall–Kier alpha value is -6.79. The van der Waals surface area contributed by atoms with Gasteiger partial charge in [0.1, 0.15) is 34.2 Å². The molecule has 0 aliphatic heterocycles. The van der Waals surface area contributed by atoms with Crippen molar-refractivity contribution >= 4 is 21.9 Å². The van der Waals surface area contributed by atoms with Gasteiger partial charge in [0.25, 0.3) is 0 Å². The van der Waals surface area contributed by atoms with E-state index in [0.717, 1.165) is 55.3 Å². The molecule has 0 spiro atoms. The van der Waals surface area contributed by atoms with Gasteiger partial charge in [0.2, 0.25) is 0 Å². The average Bonchev–Trinajstić information content (AvgIpc) is 3.57. The highest BCUT2D eigenvalue weighted by Gasteiger charge is 2.26. The van der Waals surface area contributed by atoms with Crippen molar-refractivity contribution in [1.29, 1.82) is 0 Å². The van der Waals surface area contributed by atoms with Gasteiger partial charge in [-0.1, -0.05) is 127 Å². The summed E-state index contributed by atoms with van der Waals surface area (Å²) in [6.07, 6.45) is 0. The normalized spacial score (nSPS) is 11.3. The third kappa shape index (κ3) is 5.16. The first kappa shape index (κ1) is 30.3. The summed E-state index contributed by atoms with van der Waals surface area (Å²) < 4.78 is 37.7. The lowest BCUT2D eigenvalue weighted by Gasteiger charge is -2.20. The van der Waals surface area contributed by atoms with E-state index in [2.05, 4.69) is 51.8 Å². The molecule has 0 amide bonds. The topological polar surface area (TPSA) is 51.8 Å². The molecule has 2 aromatic heterocycles. The second-order valence-corrected chi connectivity index (χ2v) is 12.2. The Balaban J connectivity index is 1.41. The molecule has 0 atom stereocenters. The zero-order valence-electron chi connectivity index (χ0n) is 27.1. The number of furan rings is 1.